The van der Waals surface area contributed by atoms with Gasteiger partial charge >= 0.3 is 0 Å². The summed E-state index contributed by atoms with van der Waals surface area (Å²) in [6.45, 7) is 5.92. The van der Waals surface area contributed by atoms with Crippen molar-refractivity contribution in [3.05, 3.63) is 42.0 Å². The average molecular weight is 189 g/mol. The lowest BCUT2D eigenvalue weighted by Gasteiger charge is -2.04. The van der Waals surface area contributed by atoms with Crippen LogP contribution in [0.3, 0.4) is 0 Å². The van der Waals surface area contributed by atoms with Gasteiger partial charge in [-0.3, -0.25) is 4.79 Å². The van der Waals surface area contributed by atoms with Gasteiger partial charge in [-0.15, -0.1) is 0 Å². The highest BCUT2D eigenvalue weighted by molar-refractivity contribution is 5.86. The number of carbonyl (C=O) groups is 1. The lowest BCUT2D eigenvalue weighted by molar-refractivity contribution is -0.117. The van der Waals surface area contributed by atoms with E-state index in [1.165, 1.54) is 5.56 Å². The Morgan fingerprint density at radius 1 is 1.36 bits per heavy atom. The van der Waals surface area contributed by atoms with Crippen molar-refractivity contribution in [1.82, 2.24) is 0 Å². The molecule has 0 spiro atoms. The number of hydrogen-bond acceptors (Lipinski definition) is 1. The Kier molecular flexibility index (Phi) is 3.46. The van der Waals surface area contributed by atoms with E-state index < -0.39 is 0 Å². The quantitative estimate of drug-likeness (QED) is 0.774. The van der Waals surface area contributed by atoms with Crippen LogP contribution in [0.25, 0.3) is 5.57 Å². The Hall–Kier alpha value is -1.57. The maximum atomic E-state index is 10.7. The van der Waals surface area contributed by atoms with Crippen molar-refractivity contribution in [2.75, 3.05) is 0 Å². The van der Waals surface area contributed by atoms with Crippen LogP contribution in [0.2, 0.25) is 0 Å². The molecule has 0 atom stereocenters. The number of carbonyl (C=O) groups excluding carboxylic acids is 1. The minimum atomic E-state index is -0.338. The fourth-order valence-corrected chi connectivity index (χ4v) is 1.29. The van der Waals surface area contributed by atoms with E-state index in [0.717, 1.165) is 17.6 Å². The van der Waals surface area contributed by atoms with Crippen LogP contribution in [0.1, 0.15) is 24.5 Å². The first-order valence-corrected chi connectivity index (χ1v) is 4.69. The normalized spacial score (nSPS) is 9.79. The number of amides is 1. The largest absolute Gasteiger partial charge is 0.369 e. The molecule has 1 aromatic rings. The van der Waals surface area contributed by atoms with E-state index >= 15 is 0 Å². The van der Waals surface area contributed by atoms with Crippen LogP contribution < -0.4 is 5.73 Å². The SMILES string of the molecule is C=C(CC(N)=O)c1ccc(CC)cc1. The molecule has 0 heterocycles. The zero-order valence-electron chi connectivity index (χ0n) is 8.42. The van der Waals surface area contributed by atoms with Crippen LogP contribution in [0.15, 0.2) is 30.8 Å². The van der Waals surface area contributed by atoms with Crippen molar-refractivity contribution in [2.45, 2.75) is 19.8 Å². The molecular formula is C12H15NO. The molecule has 74 valence electrons. The van der Waals surface area contributed by atoms with Crippen molar-refractivity contribution >= 4 is 11.5 Å². The summed E-state index contributed by atoms with van der Waals surface area (Å²) in [6, 6.07) is 8.04. The summed E-state index contributed by atoms with van der Waals surface area (Å²) < 4.78 is 0. The standard InChI is InChI=1S/C12H15NO/c1-3-10-4-6-11(7-5-10)9(2)8-12(13)14/h4-7H,2-3,8H2,1H3,(H2,13,14). The molecule has 0 fully saturated rings. The molecule has 14 heavy (non-hydrogen) atoms. The van der Waals surface area contributed by atoms with E-state index in [-0.39, 0.29) is 12.3 Å². The molecule has 0 saturated carbocycles. The summed E-state index contributed by atoms with van der Waals surface area (Å²) in [4.78, 5) is 10.7. The van der Waals surface area contributed by atoms with E-state index in [2.05, 4.69) is 13.5 Å². The molecular weight excluding hydrogens is 174 g/mol. The minimum absolute atomic E-state index is 0.228. The fraction of sp³-hybridized carbons (Fsp3) is 0.250. The van der Waals surface area contributed by atoms with Crippen LogP contribution in [-0.4, -0.2) is 5.91 Å². The molecule has 1 rings (SSSR count). The van der Waals surface area contributed by atoms with Gasteiger partial charge in [0.05, 0.1) is 6.42 Å². The summed E-state index contributed by atoms with van der Waals surface area (Å²) in [6.07, 6.45) is 1.24. The third-order valence-electron chi connectivity index (χ3n) is 2.16. The van der Waals surface area contributed by atoms with Gasteiger partial charge in [0.2, 0.25) is 5.91 Å². The maximum absolute atomic E-state index is 10.7. The number of nitrogens with two attached hydrogens (primary N) is 1. The third kappa shape index (κ3) is 2.73. The molecule has 0 saturated heterocycles. The molecule has 0 aliphatic rings. The molecule has 0 aliphatic carbocycles. The van der Waals surface area contributed by atoms with Gasteiger partial charge in [0.1, 0.15) is 0 Å². The monoisotopic (exact) mass is 189 g/mol. The molecule has 2 N–H and O–H groups in total. The van der Waals surface area contributed by atoms with E-state index in [1.54, 1.807) is 0 Å². The molecule has 0 bridgehead atoms. The number of hydrogen-bond donors (Lipinski definition) is 1. The van der Waals surface area contributed by atoms with Gasteiger partial charge < -0.3 is 5.73 Å². The third-order valence-corrected chi connectivity index (χ3v) is 2.16. The van der Waals surface area contributed by atoms with Crippen LogP contribution in [-0.2, 0) is 11.2 Å². The van der Waals surface area contributed by atoms with Crippen molar-refractivity contribution in [2.24, 2.45) is 5.73 Å². The lowest BCUT2D eigenvalue weighted by Crippen LogP contribution is -2.10. The molecule has 0 aromatic heterocycles. The molecule has 2 heteroatoms. The Morgan fingerprint density at radius 3 is 2.36 bits per heavy atom. The molecule has 0 aliphatic heterocycles. The van der Waals surface area contributed by atoms with Gasteiger partial charge in [0.25, 0.3) is 0 Å². The average Bonchev–Trinajstić information content (AvgIpc) is 2.17. The molecule has 1 amide bonds. The highest BCUT2D eigenvalue weighted by Crippen LogP contribution is 2.16. The summed E-state index contributed by atoms with van der Waals surface area (Å²) in [5.41, 5.74) is 8.13. The topological polar surface area (TPSA) is 43.1 Å². The van der Waals surface area contributed by atoms with E-state index in [9.17, 15) is 4.79 Å². The molecule has 1 aromatic carbocycles. The number of benzene rings is 1. The van der Waals surface area contributed by atoms with Gasteiger partial charge in [-0.25, -0.2) is 0 Å². The zero-order valence-corrected chi connectivity index (χ0v) is 8.42. The van der Waals surface area contributed by atoms with Crippen LogP contribution in [0.5, 0.6) is 0 Å². The summed E-state index contributed by atoms with van der Waals surface area (Å²) in [5, 5.41) is 0. The lowest BCUT2D eigenvalue weighted by atomic mass is 10.0. The Bertz CT molecular complexity index is 338. The van der Waals surface area contributed by atoms with Gasteiger partial charge in [-0.05, 0) is 23.1 Å². The molecule has 0 radical (unpaired) electrons. The number of primary amides is 1. The van der Waals surface area contributed by atoms with Crippen molar-refractivity contribution in [3.8, 4) is 0 Å². The van der Waals surface area contributed by atoms with Crippen molar-refractivity contribution in [1.29, 1.82) is 0 Å². The summed E-state index contributed by atoms with van der Waals surface area (Å²) in [5.74, 6) is -0.338. The number of aryl methyl sites for hydroxylation is 1. The van der Waals surface area contributed by atoms with Gasteiger partial charge in [0, 0.05) is 0 Å². The molecule has 2 nitrogen and oxygen atoms in total. The second-order valence-electron chi connectivity index (χ2n) is 3.30. The second kappa shape index (κ2) is 4.61. The Morgan fingerprint density at radius 2 is 1.93 bits per heavy atom. The molecule has 0 unspecified atom stereocenters. The van der Waals surface area contributed by atoms with Crippen LogP contribution in [0.4, 0.5) is 0 Å². The van der Waals surface area contributed by atoms with Crippen LogP contribution >= 0.6 is 0 Å². The van der Waals surface area contributed by atoms with Crippen molar-refractivity contribution < 1.29 is 4.79 Å². The van der Waals surface area contributed by atoms with Gasteiger partial charge in [0.15, 0.2) is 0 Å². The van der Waals surface area contributed by atoms with Crippen molar-refractivity contribution in [3.63, 3.8) is 0 Å². The van der Waals surface area contributed by atoms with Gasteiger partial charge in [-0.2, -0.15) is 0 Å². The predicted octanol–water partition coefficient (Wildman–Crippen LogP) is 2.14. The zero-order chi connectivity index (χ0) is 10.6. The van der Waals surface area contributed by atoms with Gasteiger partial charge in [-0.1, -0.05) is 37.8 Å². The first-order chi connectivity index (χ1) is 6.63. The first-order valence-electron chi connectivity index (χ1n) is 4.69. The maximum Gasteiger partial charge on any atom is 0.221 e. The second-order valence-corrected chi connectivity index (χ2v) is 3.30. The highest BCUT2D eigenvalue weighted by Gasteiger charge is 2.02. The fourth-order valence-electron chi connectivity index (χ4n) is 1.29. The van der Waals surface area contributed by atoms with Crippen LogP contribution in [0, 0.1) is 0 Å². The van der Waals surface area contributed by atoms with E-state index in [0.29, 0.717) is 0 Å². The van der Waals surface area contributed by atoms with E-state index in [1.807, 2.05) is 24.3 Å². The van der Waals surface area contributed by atoms with E-state index in [4.69, 9.17) is 5.73 Å². The Labute approximate surface area is 84.4 Å². The Balaban J connectivity index is 2.76. The minimum Gasteiger partial charge on any atom is -0.369 e. The first kappa shape index (κ1) is 10.5. The predicted molar refractivity (Wildman–Crippen MR) is 58.7 cm³/mol. The number of rotatable bonds is 4. The summed E-state index contributed by atoms with van der Waals surface area (Å²) >= 11 is 0. The highest BCUT2D eigenvalue weighted by atomic mass is 16.1. The smallest absolute Gasteiger partial charge is 0.221 e. The summed E-state index contributed by atoms with van der Waals surface area (Å²) in [7, 11) is 0.